The molecule has 1 heterocycles. The summed E-state index contributed by atoms with van der Waals surface area (Å²) in [5.41, 5.74) is 2.04. The van der Waals surface area contributed by atoms with Gasteiger partial charge in [-0.1, -0.05) is 12.1 Å². The van der Waals surface area contributed by atoms with Crippen molar-refractivity contribution < 1.29 is 22.6 Å². The summed E-state index contributed by atoms with van der Waals surface area (Å²) >= 11 is 0. The summed E-state index contributed by atoms with van der Waals surface area (Å²) in [4.78, 5) is 6.05. The van der Waals surface area contributed by atoms with Gasteiger partial charge in [-0.2, -0.15) is 13.2 Å². The topological polar surface area (TPSA) is 58.1 Å². The number of aliphatic imine (C=N–C) groups is 1. The molecule has 0 aromatic heterocycles. The Labute approximate surface area is 176 Å². The van der Waals surface area contributed by atoms with Crippen LogP contribution in [0.4, 0.5) is 13.2 Å². The van der Waals surface area contributed by atoms with Crippen molar-refractivity contribution >= 4 is 5.96 Å². The zero-order valence-electron chi connectivity index (χ0n) is 18.0. The van der Waals surface area contributed by atoms with E-state index >= 15 is 0 Å². The number of alkyl halides is 3. The highest BCUT2D eigenvalue weighted by atomic mass is 19.4. The summed E-state index contributed by atoms with van der Waals surface area (Å²) in [6.45, 7) is 8.49. The van der Waals surface area contributed by atoms with E-state index in [4.69, 9.17) is 9.47 Å². The van der Waals surface area contributed by atoms with Gasteiger partial charge in [-0.3, -0.25) is 4.90 Å². The molecule has 1 atom stereocenters. The van der Waals surface area contributed by atoms with Crippen LogP contribution in [0, 0.1) is 6.92 Å². The van der Waals surface area contributed by atoms with E-state index in [9.17, 15) is 13.2 Å². The number of ether oxygens (including phenoxy) is 2. The van der Waals surface area contributed by atoms with Crippen LogP contribution >= 0.6 is 0 Å². The standard InChI is InChI=1S/C21H33F3N4O2/c1-4-25-20(27-18-8-9-28(14-18)15-21(22,23)24)26-13-17-7-6-16(3)12-19(17)30-11-10-29-5-2/h6-7,12,18H,4-5,8-11,13-15H2,1-3H3,(H2,25,26,27). The van der Waals surface area contributed by atoms with Crippen LogP contribution in [0.3, 0.4) is 0 Å². The van der Waals surface area contributed by atoms with Crippen LogP contribution in [0.5, 0.6) is 5.75 Å². The molecule has 0 spiro atoms. The molecule has 0 saturated carbocycles. The van der Waals surface area contributed by atoms with Gasteiger partial charge in [0.05, 0.1) is 19.7 Å². The third-order valence-electron chi connectivity index (χ3n) is 4.68. The molecule has 1 aliphatic heterocycles. The van der Waals surface area contributed by atoms with E-state index in [0.29, 0.717) is 58.4 Å². The highest BCUT2D eigenvalue weighted by Crippen LogP contribution is 2.22. The van der Waals surface area contributed by atoms with E-state index in [1.54, 1.807) is 0 Å². The maximum atomic E-state index is 12.6. The van der Waals surface area contributed by atoms with Gasteiger partial charge in [-0.15, -0.1) is 0 Å². The van der Waals surface area contributed by atoms with Gasteiger partial charge in [-0.05, 0) is 38.8 Å². The highest BCUT2D eigenvalue weighted by Gasteiger charge is 2.34. The second-order valence-electron chi connectivity index (χ2n) is 7.33. The predicted molar refractivity (Wildman–Crippen MR) is 112 cm³/mol. The fourth-order valence-corrected chi connectivity index (χ4v) is 3.31. The minimum Gasteiger partial charge on any atom is -0.491 e. The maximum Gasteiger partial charge on any atom is 0.401 e. The number of benzene rings is 1. The number of aryl methyl sites for hydroxylation is 1. The Balaban J connectivity index is 1.97. The van der Waals surface area contributed by atoms with E-state index in [1.807, 2.05) is 39.0 Å². The SMILES string of the molecule is CCNC(=NCc1ccc(C)cc1OCCOCC)NC1CCN(CC(F)(F)F)C1. The molecule has 30 heavy (non-hydrogen) atoms. The third kappa shape index (κ3) is 8.79. The van der Waals surface area contributed by atoms with Gasteiger partial charge in [0.2, 0.25) is 0 Å². The molecule has 170 valence electrons. The van der Waals surface area contributed by atoms with E-state index in [2.05, 4.69) is 15.6 Å². The Morgan fingerprint density at radius 3 is 2.77 bits per heavy atom. The molecule has 1 saturated heterocycles. The Kier molecular flexibility index (Phi) is 9.71. The Hall–Kier alpha value is -2.00. The lowest BCUT2D eigenvalue weighted by Crippen LogP contribution is -2.45. The van der Waals surface area contributed by atoms with Crippen molar-refractivity contribution in [1.29, 1.82) is 0 Å². The number of halogens is 3. The van der Waals surface area contributed by atoms with E-state index in [-0.39, 0.29) is 6.04 Å². The van der Waals surface area contributed by atoms with E-state index in [1.165, 1.54) is 4.90 Å². The van der Waals surface area contributed by atoms with Crippen LogP contribution in [0.15, 0.2) is 23.2 Å². The van der Waals surface area contributed by atoms with Crippen molar-refractivity contribution in [2.24, 2.45) is 4.99 Å². The van der Waals surface area contributed by atoms with Gasteiger partial charge < -0.3 is 20.1 Å². The normalized spacial score (nSPS) is 17.9. The van der Waals surface area contributed by atoms with Gasteiger partial charge in [-0.25, -0.2) is 4.99 Å². The molecule has 9 heteroatoms. The first-order chi connectivity index (χ1) is 14.3. The number of hydrogen-bond donors (Lipinski definition) is 2. The molecule has 1 unspecified atom stereocenters. The summed E-state index contributed by atoms with van der Waals surface area (Å²) in [6.07, 6.45) is -3.52. The molecule has 1 aromatic carbocycles. The molecule has 0 bridgehead atoms. The number of nitrogens with one attached hydrogen (secondary N) is 2. The van der Waals surface area contributed by atoms with Crippen LogP contribution in [0.1, 0.15) is 31.4 Å². The lowest BCUT2D eigenvalue weighted by Gasteiger charge is -2.20. The smallest absolute Gasteiger partial charge is 0.401 e. The molecule has 6 nitrogen and oxygen atoms in total. The molecule has 0 radical (unpaired) electrons. The largest absolute Gasteiger partial charge is 0.491 e. The van der Waals surface area contributed by atoms with Crippen LogP contribution in [-0.4, -0.2) is 69.1 Å². The number of hydrogen-bond acceptors (Lipinski definition) is 4. The summed E-state index contributed by atoms with van der Waals surface area (Å²) in [5.74, 6) is 1.36. The van der Waals surface area contributed by atoms with Crippen molar-refractivity contribution in [3.8, 4) is 5.75 Å². The average molecular weight is 431 g/mol. The third-order valence-corrected chi connectivity index (χ3v) is 4.68. The van der Waals surface area contributed by atoms with Crippen LogP contribution in [-0.2, 0) is 11.3 Å². The van der Waals surface area contributed by atoms with Gasteiger partial charge in [0.15, 0.2) is 5.96 Å². The first-order valence-electron chi connectivity index (χ1n) is 10.4. The first-order valence-corrected chi connectivity index (χ1v) is 10.4. The maximum absolute atomic E-state index is 12.6. The molecular weight excluding hydrogens is 397 g/mol. The highest BCUT2D eigenvalue weighted by molar-refractivity contribution is 5.80. The van der Waals surface area contributed by atoms with Crippen molar-refractivity contribution in [2.45, 2.75) is 46.0 Å². The Morgan fingerprint density at radius 2 is 2.07 bits per heavy atom. The van der Waals surface area contributed by atoms with Gasteiger partial charge in [0.25, 0.3) is 0 Å². The fraction of sp³-hybridized carbons (Fsp3) is 0.667. The number of likely N-dealkylation sites (tertiary alicyclic amines) is 1. The van der Waals surface area contributed by atoms with Crippen molar-refractivity contribution in [1.82, 2.24) is 15.5 Å². The molecule has 1 fully saturated rings. The van der Waals surface area contributed by atoms with Gasteiger partial charge in [0, 0.05) is 37.8 Å². The summed E-state index contributed by atoms with van der Waals surface area (Å²) < 4.78 is 49.0. The number of nitrogens with zero attached hydrogens (tertiary/aromatic N) is 2. The molecule has 0 amide bonds. The van der Waals surface area contributed by atoms with Gasteiger partial charge >= 0.3 is 6.18 Å². The van der Waals surface area contributed by atoms with E-state index in [0.717, 1.165) is 16.9 Å². The summed E-state index contributed by atoms with van der Waals surface area (Å²) in [7, 11) is 0. The van der Waals surface area contributed by atoms with E-state index < -0.39 is 12.7 Å². The lowest BCUT2D eigenvalue weighted by molar-refractivity contribution is -0.143. The number of guanidine groups is 1. The molecule has 2 N–H and O–H groups in total. The summed E-state index contributed by atoms with van der Waals surface area (Å²) in [6, 6.07) is 5.90. The van der Waals surface area contributed by atoms with Crippen molar-refractivity contribution in [2.75, 3.05) is 46.0 Å². The monoisotopic (exact) mass is 430 g/mol. The van der Waals surface area contributed by atoms with Crippen molar-refractivity contribution in [3.05, 3.63) is 29.3 Å². The predicted octanol–water partition coefficient (Wildman–Crippen LogP) is 3.10. The quantitative estimate of drug-likeness (QED) is 0.339. The number of rotatable bonds is 10. The minimum atomic E-state index is -4.17. The first kappa shape index (κ1) is 24.3. The van der Waals surface area contributed by atoms with Gasteiger partial charge in [0.1, 0.15) is 12.4 Å². The molecular formula is C21H33F3N4O2. The second-order valence-corrected chi connectivity index (χ2v) is 7.33. The van der Waals surface area contributed by atoms with Crippen molar-refractivity contribution in [3.63, 3.8) is 0 Å². The van der Waals surface area contributed by atoms with Crippen LogP contribution in [0.2, 0.25) is 0 Å². The van der Waals surface area contributed by atoms with Crippen LogP contribution in [0.25, 0.3) is 0 Å². The second kappa shape index (κ2) is 12.0. The Bertz CT molecular complexity index is 683. The molecule has 0 aliphatic carbocycles. The zero-order valence-corrected chi connectivity index (χ0v) is 18.0. The molecule has 1 aromatic rings. The average Bonchev–Trinajstić information content (AvgIpc) is 3.09. The molecule has 1 aliphatic rings. The zero-order chi connectivity index (χ0) is 22.0. The summed E-state index contributed by atoms with van der Waals surface area (Å²) in [5, 5.41) is 6.43. The van der Waals surface area contributed by atoms with Crippen LogP contribution < -0.4 is 15.4 Å². The fourth-order valence-electron chi connectivity index (χ4n) is 3.31. The minimum absolute atomic E-state index is 0.0647. The Morgan fingerprint density at radius 1 is 1.27 bits per heavy atom. The molecule has 2 rings (SSSR count). The lowest BCUT2D eigenvalue weighted by atomic mass is 10.1.